The highest BCUT2D eigenvalue weighted by Gasteiger charge is 2.19. The molecule has 148 valence electrons. The Hall–Kier alpha value is -2.30. The van der Waals surface area contributed by atoms with E-state index in [0.717, 1.165) is 61.9 Å². The number of aryl methyl sites for hydroxylation is 2. The highest BCUT2D eigenvalue weighted by Crippen LogP contribution is 2.20. The van der Waals surface area contributed by atoms with Crippen LogP contribution in [0.15, 0.2) is 28.8 Å². The summed E-state index contributed by atoms with van der Waals surface area (Å²) in [6, 6.07) is 9.89. The Kier molecular flexibility index (Phi) is 7.12. The number of nitrogens with zero attached hydrogens (tertiary/aromatic N) is 4. The van der Waals surface area contributed by atoms with Crippen LogP contribution < -0.4 is 0 Å². The van der Waals surface area contributed by atoms with Crippen LogP contribution in [-0.2, 0) is 17.1 Å². The highest BCUT2D eigenvalue weighted by atomic mass is 32.2. The lowest BCUT2D eigenvalue weighted by Crippen LogP contribution is -2.36. The fourth-order valence-corrected chi connectivity index (χ4v) is 4.44. The molecule has 1 aliphatic heterocycles. The molecular formula is C21H26N4O2S. The topological polar surface area (TPSA) is 73.4 Å². The van der Waals surface area contributed by atoms with Crippen molar-refractivity contribution in [3.63, 3.8) is 0 Å². The first kappa shape index (κ1) is 20.4. The van der Waals surface area contributed by atoms with Crippen LogP contribution in [0, 0.1) is 25.2 Å². The molecule has 2 heterocycles. The number of amides is 1. The van der Waals surface area contributed by atoms with Crippen LogP contribution >= 0.6 is 11.8 Å². The first-order valence-electron chi connectivity index (χ1n) is 9.55. The summed E-state index contributed by atoms with van der Waals surface area (Å²) in [6.07, 6.45) is 0.983. The minimum atomic E-state index is 0.206. The van der Waals surface area contributed by atoms with Gasteiger partial charge in [0.15, 0.2) is 0 Å². The molecule has 0 bridgehead atoms. The minimum Gasteiger partial charge on any atom is -0.361 e. The lowest BCUT2D eigenvalue weighted by Gasteiger charge is -2.22. The van der Waals surface area contributed by atoms with Crippen LogP contribution in [0.3, 0.4) is 0 Å². The molecule has 1 amide bonds. The molecule has 1 saturated heterocycles. The molecule has 2 aromatic rings. The normalized spacial score (nSPS) is 15.2. The second-order valence-electron chi connectivity index (χ2n) is 7.11. The Morgan fingerprint density at radius 1 is 1.21 bits per heavy atom. The van der Waals surface area contributed by atoms with Gasteiger partial charge in [0, 0.05) is 44.0 Å². The third-order valence-electron chi connectivity index (χ3n) is 5.08. The maximum Gasteiger partial charge on any atom is 0.232 e. The molecule has 7 heteroatoms. The van der Waals surface area contributed by atoms with Gasteiger partial charge >= 0.3 is 0 Å². The number of nitriles is 1. The summed E-state index contributed by atoms with van der Waals surface area (Å²) in [7, 11) is 0. The van der Waals surface area contributed by atoms with E-state index in [2.05, 4.69) is 16.1 Å². The number of thioether (sulfide) groups is 1. The van der Waals surface area contributed by atoms with Crippen LogP contribution in [0.5, 0.6) is 0 Å². The minimum absolute atomic E-state index is 0.206. The number of hydrogen-bond acceptors (Lipinski definition) is 6. The fourth-order valence-electron chi connectivity index (χ4n) is 3.36. The smallest absolute Gasteiger partial charge is 0.232 e. The predicted octanol–water partition coefficient (Wildman–Crippen LogP) is 3.13. The highest BCUT2D eigenvalue weighted by molar-refractivity contribution is 7.99. The molecule has 3 rings (SSSR count). The molecule has 0 atom stereocenters. The van der Waals surface area contributed by atoms with Crippen molar-refractivity contribution in [3.8, 4) is 6.07 Å². The Bertz CT molecular complexity index is 822. The lowest BCUT2D eigenvalue weighted by molar-refractivity contribution is -0.128. The van der Waals surface area contributed by atoms with Gasteiger partial charge in [-0.25, -0.2) is 0 Å². The quantitative estimate of drug-likeness (QED) is 0.744. The van der Waals surface area contributed by atoms with Crippen LogP contribution in [0.1, 0.15) is 34.6 Å². The zero-order chi connectivity index (χ0) is 19.9. The molecule has 1 fully saturated rings. The van der Waals surface area contributed by atoms with Gasteiger partial charge in [-0.15, -0.1) is 11.8 Å². The van der Waals surface area contributed by atoms with E-state index in [0.29, 0.717) is 11.3 Å². The summed E-state index contributed by atoms with van der Waals surface area (Å²) in [4.78, 5) is 17.0. The van der Waals surface area contributed by atoms with Crippen molar-refractivity contribution in [2.45, 2.75) is 32.6 Å². The summed E-state index contributed by atoms with van der Waals surface area (Å²) in [6.45, 7) is 8.14. The van der Waals surface area contributed by atoms with Gasteiger partial charge in [-0.2, -0.15) is 5.26 Å². The Balaban J connectivity index is 1.44. The molecule has 28 heavy (non-hydrogen) atoms. The van der Waals surface area contributed by atoms with Crippen molar-refractivity contribution in [3.05, 3.63) is 52.4 Å². The molecule has 0 radical (unpaired) electrons. The van der Waals surface area contributed by atoms with Crippen LogP contribution in [0.2, 0.25) is 0 Å². The zero-order valence-corrected chi connectivity index (χ0v) is 17.3. The molecule has 1 aliphatic rings. The van der Waals surface area contributed by atoms with Crippen LogP contribution in [-0.4, -0.2) is 52.8 Å². The van der Waals surface area contributed by atoms with E-state index in [4.69, 9.17) is 9.78 Å². The number of rotatable bonds is 6. The second kappa shape index (κ2) is 9.76. The van der Waals surface area contributed by atoms with Gasteiger partial charge in [-0.1, -0.05) is 17.3 Å². The van der Waals surface area contributed by atoms with Gasteiger partial charge < -0.3 is 9.42 Å². The van der Waals surface area contributed by atoms with Gasteiger partial charge in [-0.05, 0) is 38.0 Å². The first-order valence-corrected chi connectivity index (χ1v) is 10.7. The van der Waals surface area contributed by atoms with Gasteiger partial charge in [0.2, 0.25) is 5.91 Å². The molecule has 0 aliphatic carbocycles. The van der Waals surface area contributed by atoms with Crippen molar-refractivity contribution in [1.29, 1.82) is 5.26 Å². The zero-order valence-electron chi connectivity index (χ0n) is 16.5. The summed E-state index contributed by atoms with van der Waals surface area (Å²) < 4.78 is 5.18. The summed E-state index contributed by atoms with van der Waals surface area (Å²) >= 11 is 1.62. The SMILES string of the molecule is Cc1noc(C)c1CSCC(=O)N1CCCN(Cc2ccc(C#N)cc2)CC1. The van der Waals surface area contributed by atoms with E-state index >= 15 is 0 Å². The summed E-state index contributed by atoms with van der Waals surface area (Å²) in [5, 5.41) is 12.9. The second-order valence-corrected chi connectivity index (χ2v) is 8.10. The van der Waals surface area contributed by atoms with Gasteiger partial charge in [-0.3, -0.25) is 9.69 Å². The molecule has 0 spiro atoms. The maximum atomic E-state index is 12.6. The van der Waals surface area contributed by atoms with E-state index in [1.807, 2.05) is 43.0 Å². The van der Waals surface area contributed by atoms with Gasteiger partial charge in [0.05, 0.1) is 23.1 Å². The summed E-state index contributed by atoms with van der Waals surface area (Å²) in [5.74, 6) is 2.29. The number of benzene rings is 1. The predicted molar refractivity (Wildman–Crippen MR) is 110 cm³/mol. The maximum absolute atomic E-state index is 12.6. The van der Waals surface area contributed by atoms with Crippen molar-refractivity contribution in [2.24, 2.45) is 0 Å². The Labute approximate surface area is 170 Å². The first-order chi connectivity index (χ1) is 13.6. The van der Waals surface area contributed by atoms with E-state index in [1.54, 1.807) is 11.8 Å². The average molecular weight is 399 g/mol. The number of carbonyl (C=O) groups is 1. The monoisotopic (exact) mass is 398 g/mol. The lowest BCUT2D eigenvalue weighted by atomic mass is 10.1. The van der Waals surface area contributed by atoms with E-state index < -0.39 is 0 Å². The Morgan fingerprint density at radius 3 is 2.68 bits per heavy atom. The Morgan fingerprint density at radius 2 is 2.00 bits per heavy atom. The molecule has 0 saturated carbocycles. The molecule has 1 aromatic heterocycles. The van der Waals surface area contributed by atoms with Crippen molar-refractivity contribution >= 4 is 17.7 Å². The molecule has 6 nitrogen and oxygen atoms in total. The van der Waals surface area contributed by atoms with Crippen LogP contribution in [0.4, 0.5) is 0 Å². The van der Waals surface area contributed by atoms with Crippen LogP contribution in [0.25, 0.3) is 0 Å². The van der Waals surface area contributed by atoms with Gasteiger partial charge in [0.25, 0.3) is 0 Å². The molecular weight excluding hydrogens is 372 g/mol. The fraction of sp³-hybridized carbons (Fsp3) is 0.476. The van der Waals surface area contributed by atoms with Gasteiger partial charge in [0.1, 0.15) is 5.76 Å². The van der Waals surface area contributed by atoms with E-state index in [-0.39, 0.29) is 5.91 Å². The van der Waals surface area contributed by atoms with E-state index in [9.17, 15) is 4.79 Å². The summed E-state index contributed by atoms with van der Waals surface area (Å²) in [5.41, 5.74) is 3.90. The third kappa shape index (κ3) is 5.37. The molecule has 0 unspecified atom stereocenters. The van der Waals surface area contributed by atoms with Crippen molar-refractivity contribution in [2.75, 3.05) is 31.9 Å². The standard InChI is InChI=1S/C21H26N4O2S/c1-16-20(17(2)27-23-16)14-28-15-21(26)25-9-3-8-24(10-11-25)13-19-6-4-18(12-22)5-7-19/h4-7H,3,8-11,13-15H2,1-2H3. The number of carbonyl (C=O) groups excluding carboxylic acids is 1. The van der Waals surface area contributed by atoms with Crippen molar-refractivity contribution in [1.82, 2.24) is 15.0 Å². The molecule has 0 N–H and O–H groups in total. The van der Waals surface area contributed by atoms with E-state index in [1.165, 1.54) is 5.56 Å². The number of aromatic nitrogens is 1. The average Bonchev–Trinajstić information content (AvgIpc) is 2.89. The largest absolute Gasteiger partial charge is 0.361 e. The van der Waals surface area contributed by atoms with Crippen molar-refractivity contribution < 1.29 is 9.32 Å². The third-order valence-corrected chi connectivity index (χ3v) is 6.03. The molecule has 1 aromatic carbocycles. The number of hydrogen-bond donors (Lipinski definition) is 0.